The average Bonchev–Trinajstić information content (AvgIpc) is 2.13. The molecule has 1 heterocycles. The van der Waals surface area contributed by atoms with Crippen molar-refractivity contribution in [2.45, 2.75) is 18.2 Å². The second-order valence-corrected chi connectivity index (χ2v) is 3.12. The standard InChI is InChI=1S/C8H4ClF6N/c9-1-4-2-16-3-5(7(10,11)12)6(4)8(13,14)15/h2-3H,1H2. The fourth-order valence-corrected chi connectivity index (χ4v) is 1.36. The summed E-state index contributed by atoms with van der Waals surface area (Å²) in [6.45, 7) is 0. The van der Waals surface area contributed by atoms with Gasteiger partial charge in [-0.05, 0) is 5.56 Å². The van der Waals surface area contributed by atoms with Gasteiger partial charge in [-0.2, -0.15) is 26.3 Å². The van der Waals surface area contributed by atoms with Gasteiger partial charge in [-0.3, -0.25) is 4.98 Å². The molecule has 1 aromatic rings. The van der Waals surface area contributed by atoms with Crippen LogP contribution in [0.2, 0.25) is 0 Å². The Morgan fingerprint density at radius 1 is 1.00 bits per heavy atom. The van der Waals surface area contributed by atoms with Crippen LogP contribution in [0.1, 0.15) is 16.7 Å². The van der Waals surface area contributed by atoms with E-state index in [1.165, 1.54) is 0 Å². The highest BCUT2D eigenvalue weighted by atomic mass is 35.5. The van der Waals surface area contributed by atoms with Crippen LogP contribution < -0.4 is 0 Å². The third-order valence-corrected chi connectivity index (χ3v) is 2.05. The lowest BCUT2D eigenvalue weighted by atomic mass is 10.0. The third kappa shape index (κ3) is 2.58. The van der Waals surface area contributed by atoms with Gasteiger partial charge in [-0.1, -0.05) is 0 Å². The fourth-order valence-electron chi connectivity index (χ4n) is 1.15. The Bertz CT molecular complexity index is 383. The van der Waals surface area contributed by atoms with E-state index in [9.17, 15) is 26.3 Å². The first-order valence-corrected chi connectivity index (χ1v) is 4.38. The molecular weight excluding hydrogens is 260 g/mol. The molecule has 0 atom stereocenters. The molecule has 0 N–H and O–H groups in total. The van der Waals surface area contributed by atoms with Gasteiger partial charge >= 0.3 is 12.4 Å². The van der Waals surface area contributed by atoms with Crippen molar-refractivity contribution in [3.8, 4) is 0 Å². The van der Waals surface area contributed by atoms with Crippen molar-refractivity contribution in [2.75, 3.05) is 0 Å². The third-order valence-electron chi connectivity index (χ3n) is 1.76. The van der Waals surface area contributed by atoms with Gasteiger partial charge in [0.25, 0.3) is 0 Å². The second-order valence-electron chi connectivity index (χ2n) is 2.85. The van der Waals surface area contributed by atoms with Crippen LogP contribution in [0.15, 0.2) is 12.4 Å². The van der Waals surface area contributed by atoms with Crippen molar-refractivity contribution in [3.63, 3.8) is 0 Å². The summed E-state index contributed by atoms with van der Waals surface area (Å²) in [6.07, 6.45) is -9.41. The van der Waals surface area contributed by atoms with E-state index in [0.717, 1.165) is 0 Å². The number of nitrogens with zero attached hydrogens (tertiary/aromatic N) is 1. The molecule has 0 aromatic carbocycles. The average molecular weight is 264 g/mol. The van der Waals surface area contributed by atoms with Gasteiger partial charge in [-0.15, -0.1) is 11.6 Å². The molecule has 0 aliphatic carbocycles. The number of alkyl halides is 7. The van der Waals surface area contributed by atoms with Crippen molar-refractivity contribution in [2.24, 2.45) is 0 Å². The number of hydrogen-bond donors (Lipinski definition) is 0. The molecule has 1 nitrogen and oxygen atoms in total. The predicted octanol–water partition coefficient (Wildman–Crippen LogP) is 3.86. The Kier molecular flexibility index (Phi) is 3.37. The quantitative estimate of drug-likeness (QED) is 0.554. The second kappa shape index (κ2) is 4.12. The van der Waals surface area contributed by atoms with E-state index in [2.05, 4.69) is 4.98 Å². The summed E-state index contributed by atoms with van der Waals surface area (Å²) < 4.78 is 74.3. The maximum atomic E-state index is 12.4. The molecule has 8 heteroatoms. The van der Waals surface area contributed by atoms with E-state index in [4.69, 9.17) is 11.6 Å². The zero-order valence-electron chi connectivity index (χ0n) is 7.45. The first-order valence-electron chi connectivity index (χ1n) is 3.85. The molecule has 0 bridgehead atoms. The van der Waals surface area contributed by atoms with Crippen molar-refractivity contribution < 1.29 is 26.3 Å². The molecule has 0 saturated carbocycles. The zero-order chi connectivity index (χ0) is 12.6. The van der Waals surface area contributed by atoms with E-state index >= 15 is 0 Å². The highest BCUT2D eigenvalue weighted by Gasteiger charge is 2.44. The van der Waals surface area contributed by atoms with Crippen LogP contribution in [0.4, 0.5) is 26.3 Å². The molecular formula is C8H4ClF6N. The summed E-state index contributed by atoms with van der Waals surface area (Å²) in [5.41, 5.74) is -4.29. The van der Waals surface area contributed by atoms with Crippen LogP contribution in [0.3, 0.4) is 0 Å². The summed E-state index contributed by atoms with van der Waals surface area (Å²) in [7, 11) is 0. The lowest BCUT2D eigenvalue weighted by molar-refractivity contribution is -0.162. The van der Waals surface area contributed by atoms with Gasteiger partial charge in [0.2, 0.25) is 0 Å². The highest BCUT2D eigenvalue weighted by Crippen LogP contribution is 2.41. The maximum absolute atomic E-state index is 12.4. The summed E-state index contributed by atoms with van der Waals surface area (Å²) in [5, 5.41) is 0. The molecule has 0 aliphatic rings. The molecule has 0 amide bonds. The van der Waals surface area contributed by atoms with E-state index in [1.54, 1.807) is 0 Å². The summed E-state index contributed by atoms with van der Waals surface area (Å²) in [6, 6.07) is 0. The van der Waals surface area contributed by atoms with Crippen LogP contribution in [0.25, 0.3) is 0 Å². The summed E-state index contributed by atoms with van der Waals surface area (Å²) in [4.78, 5) is 3.09. The first kappa shape index (κ1) is 13.1. The number of halogens is 7. The minimum Gasteiger partial charge on any atom is -0.264 e. The number of rotatable bonds is 1. The summed E-state index contributed by atoms with van der Waals surface area (Å²) >= 11 is 5.15. The molecule has 0 radical (unpaired) electrons. The normalized spacial score (nSPS) is 12.9. The highest BCUT2D eigenvalue weighted by molar-refractivity contribution is 6.17. The van der Waals surface area contributed by atoms with Crippen LogP contribution in [0, 0.1) is 0 Å². The number of hydrogen-bond acceptors (Lipinski definition) is 1. The van der Waals surface area contributed by atoms with Crippen LogP contribution in [0.5, 0.6) is 0 Å². The molecule has 0 spiro atoms. The molecule has 0 unspecified atom stereocenters. The minimum atomic E-state index is -5.11. The topological polar surface area (TPSA) is 12.9 Å². The first-order chi connectivity index (χ1) is 7.18. The minimum absolute atomic E-state index is 0.138. The van der Waals surface area contributed by atoms with Crippen molar-refractivity contribution in [1.82, 2.24) is 4.98 Å². The number of pyridine rings is 1. The van der Waals surface area contributed by atoms with Crippen LogP contribution in [-0.4, -0.2) is 4.98 Å². The van der Waals surface area contributed by atoms with Gasteiger partial charge in [0.15, 0.2) is 0 Å². The summed E-state index contributed by atoms with van der Waals surface area (Å²) in [5.74, 6) is -0.689. The van der Waals surface area contributed by atoms with Gasteiger partial charge in [-0.25, -0.2) is 0 Å². The van der Waals surface area contributed by atoms with Crippen LogP contribution in [-0.2, 0) is 18.2 Å². The zero-order valence-corrected chi connectivity index (χ0v) is 8.21. The van der Waals surface area contributed by atoms with Crippen LogP contribution >= 0.6 is 11.6 Å². The molecule has 1 aromatic heterocycles. The predicted molar refractivity (Wildman–Crippen MR) is 43.8 cm³/mol. The Hall–Kier alpha value is -0.980. The molecule has 90 valence electrons. The Morgan fingerprint density at radius 3 is 1.94 bits per heavy atom. The van der Waals surface area contributed by atoms with E-state index in [0.29, 0.717) is 6.20 Å². The van der Waals surface area contributed by atoms with E-state index in [1.807, 2.05) is 0 Å². The number of aromatic nitrogens is 1. The SMILES string of the molecule is FC(F)(F)c1cncc(CCl)c1C(F)(F)F. The Labute approximate surface area is 91.0 Å². The van der Waals surface area contributed by atoms with Crippen molar-refractivity contribution >= 4 is 11.6 Å². The lowest BCUT2D eigenvalue weighted by Gasteiger charge is -2.17. The fraction of sp³-hybridized carbons (Fsp3) is 0.375. The van der Waals surface area contributed by atoms with Crippen molar-refractivity contribution in [1.29, 1.82) is 0 Å². The van der Waals surface area contributed by atoms with Gasteiger partial charge in [0.1, 0.15) is 0 Å². The monoisotopic (exact) mass is 263 g/mol. The maximum Gasteiger partial charge on any atom is 0.418 e. The lowest BCUT2D eigenvalue weighted by Crippen LogP contribution is -2.19. The van der Waals surface area contributed by atoms with Gasteiger partial charge in [0, 0.05) is 18.3 Å². The molecule has 0 saturated heterocycles. The van der Waals surface area contributed by atoms with E-state index in [-0.39, 0.29) is 6.20 Å². The Balaban J connectivity index is 3.51. The molecule has 0 aliphatic heterocycles. The smallest absolute Gasteiger partial charge is 0.264 e. The van der Waals surface area contributed by atoms with Gasteiger partial charge < -0.3 is 0 Å². The van der Waals surface area contributed by atoms with Gasteiger partial charge in [0.05, 0.1) is 11.1 Å². The van der Waals surface area contributed by atoms with Crippen molar-refractivity contribution in [3.05, 3.63) is 29.1 Å². The largest absolute Gasteiger partial charge is 0.418 e. The molecule has 1 rings (SSSR count). The molecule has 0 fully saturated rings. The molecule has 16 heavy (non-hydrogen) atoms. The van der Waals surface area contributed by atoms with E-state index < -0.39 is 34.9 Å². The Morgan fingerprint density at radius 2 is 1.56 bits per heavy atom.